The maximum absolute atomic E-state index is 15.3. The number of halogens is 1. The lowest BCUT2D eigenvalue weighted by atomic mass is 10.1. The summed E-state index contributed by atoms with van der Waals surface area (Å²) in [6.45, 7) is 6.02. The molecule has 2 aliphatic rings. The molecule has 1 saturated heterocycles. The molecule has 1 saturated carbocycles. The van der Waals surface area contributed by atoms with E-state index in [9.17, 15) is 19.5 Å². The SMILES string of the molecule is C=CCn1c(SCC(=O)N2CCN(c3cc4c(cc3F)c(=O)c(C(=O)O)cn4C3CC3)CC2)nnc1-c1ccccc1. The highest BCUT2D eigenvalue weighted by atomic mass is 32.2. The summed E-state index contributed by atoms with van der Waals surface area (Å²) in [5, 5.41) is 18.8. The maximum Gasteiger partial charge on any atom is 0.341 e. The Morgan fingerprint density at radius 3 is 2.50 bits per heavy atom. The molecule has 42 heavy (non-hydrogen) atoms. The van der Waals surface area contributed by atoms with Crippen LogP contribution in [0.4, 0.5) is 10.1 Å². The average Bonchev–Trinajstić information content (AvgIpc) is 3.77. The molecule has 2 fully saturated rings. The van der Waals surface area contributed by atoms with Crippen molar-refractivity contribution in [2.75, 3.05) is 36.8 Å². The number of pyridine rings is 1. The molecule has 12 heteroatoms. The minimum Gasteiger partial charge on any atom is -0.477 e. The lowest BCUT2D eigenvalue weighted by molar-refractivity contribution is -0.128. The van der Waals surface area contributed by atoms with Gasteiger partial charge in [0.2, 0.25) is 11.3 Å². The minimum atomic E-state index is -1.32. The highest BCUT2D eigenvalue weighted by Gasteiger charge is 2.29. The van der Waals surface area contributed by atoms with Crippen molar-refractivity contribution in [3.05, 3.63) is 82.9 Å². The second kappa shape index (κ2) is 11.4. The largest absolute Gasteiger partial charge is 0.477 e. The van der Waals surface area contributed by atoms with Gasteiger partial charge >= 0.3 is 5.97 Å². The van der Waals surface area contributed by atoms with Gasteiger partial charge in [0.25, 0.3) is 0 Å². The number of amides is 1. The molecule has 216 valence electrons. The Morgan fingerprint density at radius 2 is 1.83 bits per heavy atom. The monoisotopic (exact) mass is 588 g/mol. The van der Waals surface area contributed by atoms with Crippen LogP contribution in [0.2, 0.25) is 0 Å². The Bertz CT molecular complexity index is 1740. The van der Waals surface area contributed by atoms with Crippen LogP contribution in [0.15, 0.2) is 71.3 Å². The Balaban J connectivity index is 1.14. The number of anilines is 1. The van der Waals surface area contributed by atoms with Crippen LogP contribution >= 0.6 is 11.8 Å². The number of piperazine rings is 1. The minimum absolute atomic E-state index is 0.0446. The van der Waals surface area contributed by atoms with E-state index in [1.54, 1.807) is 21.6 Å². The van der Waals surface area contributed by atoms with E-state index in [4.69, 9.17) is 0 Å². The molecule has 2 aromatic carbocycles. The predicted molar refractivity (Wildman–Crippen MR) is 159 cm³/mol. The summed E-state index contributed by atoms with van der Waals surface area (Å²) in [5.41, 5.74) is 0.751. The molecular formula is C30H29FN6O4S. The Labute approximate surface area is 245 Å². The standard InChI is InChI=1S/C30H29FN6O4S/c1-2-10-36-28(19-6-4-3-5-7-19)32-33-30(36)42-18-26(38)35-13-11-34(12-14-35)25-16-24-21(15-23(25)31)27(39)22(29(40)41)17-37(24)20-8-9-20/h2-7,15-17,20H,1,8-14,18H2,(H,40,41). The Kier molecular flexibility index (Phi) is 7.55. The van der Waals surface area contributed by atoms with Gasteiger partial charge in [-0.2, -0.15) is 0 Å². The topological polar surface area (TPSA) is 114 Å². The number of thioether (sulfide) groups is 1. The molecule has 0 bridgehead atoms. The zero-order valence-corrected chi connectivity index (χ0v) is 23.6. The summed E-state index contributed by atoms with van der Waals surface area (Å²) in [4.78, 5) is 41.1. The van der Waals surface area contributed by atoms with Gasteiger partial charge in [0.15, 0.2) is 11.0 Å². The summed E-state index contributed by atoms with van der Waals surface area (Å²) >= 11 is 1.32. The van der Waals surface area contributed by atoms with Gasteiger partial charge in [0.05, 0.1) is 17.0 Å². The van der Waals surface area contributed by atoms with E-state index in [2.05, 4.69) is 16.8 Å². The molecule has 0 spiro atoms. The van der Waals surface area contributed by atoms with Crippen LogP contribution in [0.25, 0.3) is 22.3 Å². The number of carbonyl (C=O) groups excluding carboxylic acids is 1. The molecule has 1 aliphatic heterocycles. The summed E-state index contributed by atoms with van der Waals surface area (Å²) in [6.07, 6.45) is 4.89. The van der Waals surface area contributed by atoms with Crippen LogP contribution in [0, 0.1) is 5.82 Å². The third-order valence-electron chi connectivity index (χ3n) is 7.63. The quantitative estimate of drug-likeness (QED) is 0.230. The number of carboxylic acid groups (broad SMARTS) is 1. The number of hydrogen-bond donors (Lipinski definition) is 1. The van der Waals surface area contributed by atoms with Crippen LogP contribution < -0.4 is 10.3 Å². The Morgan fingerprint density at radius 1 is 1.10 bits per heavy atom. The first-order valence-electron chi connectivity index (χ1n) is 13.7. The highest BCUT2D eigenvalue weighted by Crippen LogP contribution is 2.38. The second-order valence-corrected chi connectivity index (χ2v) is 11.3. The van der Waals surface area contributed by atoms with E-state index < -0.39 is 17.2 Å². The first-order valence-corrected chi connectivity index (χ1v) is 14.7. The maximum atomic E-state index is 15.3. The van der Waals surface area contributed by atoms with Crippen molar-refractivity contribution in [2.24, 2.45) is 0 Å². The lowest BCUT2D eigenvalue weighted by Gasteiger charge is -2.36. The molecule has 2 aromatic heterocycles. The number of carbonyl (C=O) groups is 2. The summed E-state index contributed by atoms with van der Waals surface area (Å²) < 4.78 is 19.0. The fraction of sp³-hybridized carbons (Fsp3) is 0.300. The van der Waals surface area contributed by atoms with Crippen molar-refractivity contribution >= 4 is 40.2 Å². The molecule has 1 amide bonds. The first kappa shape index (κ1) is 27.7. The zero-order valence-electron chi connectivity index (χ0n) is 22.8. The van der Waals surface area contributed by atoms with Gasteiger partial charge in [-0.1, -0.05) is 48.2 Å². The van der Waals surface area contributed by atoms with Crippen molar-refractivity contribution in [1.82, 2.24) is 24.2 Å². The van der Waals surface area contributed by atoms with Crippen molar-refractivity contribution in [3.63, 3.8) is 0 Å². The molecule has 0 atom stereocenters. The van der Waals surface area contributed by atoms with Gasteiger partial charge in [-0.25, -0.2) is 9.18 Å². The van der Waals surface area contributed by atoms with E-state index in [0.717, 1.165) is 24.5 Å². The van der Waals surface area contributed by atoms with E-state index in [-0.39, 0.29) is 28.7 Å². The van der Waals surface area contributed by atoms with Crippen molar-refractivity contribution in [1.29, 1.82) is 0 Å². The van der Waals surface area contributed by atoms with Crippen LogP contribution in [-0.4, -0.2) is 73.1 Å². The molecule has 1 N–H and O–H groups in total. The van der Waals surface area contributed by atoms with Gasteiger partial charge in [0.1, 0.15) is 11.4 Å². The summed E-state index contributed by atoms with van der Waals surface area (Å²) in [5.74, 6) is -1.05. The molecule has 10 nitrogen and oxygen atoms in total. The number of fused-ring (bicyclic) bond motifs is 1. The van der Waals surface area contributed by atoms with Crippen molar-refractivity contribution in [3.8, 4) is 11.4 Å². The number of allylic oxidation sites excluding steroid dienone is 1. The van der Waals surface area contributed by atoms with Crippen LogP contribution in [0.5, 0.6) is 0 Å². The second-order valence-electron chi connectivity index (χ2n) is 10.4. The van der Waals surface area contributed by atoms with Crippen molar-refractivity contribution < 1.29 is 19.1 Å². The number of aromatic carboxylic acids is 1. The van der Waals surface area contributed by atoms with Crippen molar-refractivity contribution in [2.45, 2.75) is 30.6 Å². The van der Waals surface area contributed by atoms with Crippen LogP contribution in [0.1, 0.15) is 29.2 Å². The number of hydrogen-bond acceptors (Lipinski definition) is 7. The molecular weight excluding hydrogens is 559 g/mol. The fourth-order valence-electron chi connectivity index (χ4n) is 5.31. The van der Waals surface area contributed by atoms with Crippen LogP contribution in [-0.2, 0) is 11.3 Å². The number of carboxylic acids is 1. The molecule has 0 unspecified atom stereocenters. The smallest absolute Gasteiger partial charge is 0.341 e. The highest BCUT2D eigenvalue weighted by molar-refractivity contribution is 7.99. The zero-order chi connectivity index (χ0) is 29.4. The van der Waals surface area contributed by atoms with E-state index in [0.29, 0.717) is 54.9 Å². The van der Waals surface area contributed by atoms with Gasteiger partial charge in [-0.15, -0.1) is 16.8 Å². The van der Waals surface area contributed by atoms with E-state index >= 15 is 4.39 Å². The number of benzene rings is 2. The van der Waals surface area contributed by atoms with Gasteiger partial charge < -0.3 is 19.5 Å². The van der Waals surface area contributed by atoms with E-state index in [1.165, 1.54) is 18.0 Å². The molecule has 3 heterocycles. The van der Waals surface area contributed by atoms with Crippen LogP contribution in [0.3, 0.4) is 0 Å². The fourth-order valence-corrected chi connectivity index (χ4v) is 6.16. The normalized spacial score (nSPS) is 15.3. The van der Waals surface area contributed by atoms with Gasteiger partial charge in [0, 0.05) is 55.9 Å². The first-order chi connectivity index (χ1) is 20.4. The summed E-state index contributed by atoms with van der Waals surface area (Å²) in [6, 6.07) is 12.6. The number of rotatable bonds is 9. The number of nitrogens with zero attached hydrogens (tertiary/aromatic N) is 6. The van der Waals surface area contributed by atoms with E-state index in [1.807, 2.05) is 39.8 Å². The third-order valence-corrected chi connectivity index (χ3v) is 8.58. The van der Waals surface area contributed by atoms with Gasteiger partial charge in [-0.05, 0) is 25.0 Å². The van der Waals surface area contributed by atoms with Gasteiger partial charge in [-0.3, -0.25) is 14.2 Å². The molecule has 1 aliphatic carbocycles. The average molecular weight is 589 g/mol. The Hall–Kier alpha value is -4.45. The number of aromatic nitrogens is 4. The lowest BCUT2D eigenvalue weighted by Crippen LogP contribution is -2.49. The third kappa shape index (κ3) is 5.29. The summed E-state index contributed by atoms with van der Waals surface area (Å²) in [7, 11) is 0. The molecule has 0 radical (unpaired) electrons. The molecule has 6 rings (SSSR count). The molecule has 4 aromatic rings. The predicted octanol–water partition coefficient (Wildman–Crippen LogP) is 4.06.